The Kier molecular flexibility index (Phi) is 3.67. The molecular formula is C11H14N2O4. The molecule has 0 aliphatic carbocycles. The minimum atomic E-state index is -0.989. The van der Waals surface area contributed by atoms with Crippen LogP contribution < -0.4 is 10.9 Å². The van der Waals surface area contributed by atoms with Crippen LogP contribution in [-0.4, -0.2) is 27.5 Å². The van der Waals surface area contributed by atoms with Crippen molar-refractivity contribution in [1.29, 1.82) is 0 Å². The standard InChI is InChI=1S/C11H14N2O4/c1-11(2,5-9(15)16)13-10(17)7-3-4-8(14)12-6-7/h3-4,6H,5H2,1-2H3,(H,12,14)(H,13,17)(H,15,16). The summed E-state index contributed by atoms with van der Waals surface area (Å²) in [7, 11) is 0. The van der Waals surface area contributed by atoms with E-state index in [4.69, 9.17) is 5.11 Å². The third kappa shape index (κ3) is 4.10. The lowest BCUT2D eigenvalue weighted by molar-refractivity contribution is -0.138. The quantitative estimate of drug-likeness (QED) is 0.705. The largest absolute Gasteiger partial charge is 0.481 e. The predicted molar refractivity (Wildman–Crippen MR) is 60.9 cm³/mol. The van der Waals surface area contributed by atoms with E-state index in [9.17, 15) is 14.4 Å². The maximum absolute atomic E-state index is 11.7. The highest BCUT2D eigenvalue weighted by atomic mass is 16.4. The van der Waals surface area contributed by atoms with Gasteiger partial charge in [-0.3, -0.25) is 14.4 Å². The van der Waals surface area contributed by atoms with Crippen molar-refractivity contribution in [2.45, 2.75) is 25.8 Å². The normalized spacial score (nSPS) is 10.9. The van der Waals surface area contributed by atoms with Crippen LogP contribution in [0.1, 0.15) is 30.6 Å². The number of carboxylic acids is 1. The second-order valence-corrected chi connectivity index (χ2v) is 4.35. The molecule has 1 aromatic rings. The number of aliphatic carboxylic acids is 1. The SMILES string of the molecule is CC(C)(CC(=O)O)NC(=O)c1ccc(=O)[nH]c1. The molecule has 0 fully saturated rings. The first-order chi connectivity index (χ1) is 7.80. The van der Waals surface area contributed by atoms with Crippen molar-refractivity contribution in [2.24, 2.45) is 0 Å². The number of aromatic nitrogens is 1. The van der Waals surface area contributed by atoms with Gasteiger partial charge in [-0.25, -0.2) is 0 Å². The van der Waals surface area contributed by atoms with Crippen LogP contribution in [0.15, 0.2) is 23.1 Å². The number of hydrogen-bond donors (Lipinski definition) is 3. The molecular weight excluding hydrogens is 224 g/mol. The van der Waals surface area contributed by atoms with Crippen LogP contribution >= 0.6 is 0 Å². The highest BCUT2D eigenvalue weighted by molar-refractivity contribution is 5.94. The number of carbonyl (C=O) groups is 2. The summed E-state index contributed by atoms with van der Waals surface area (Å²) in [5.41, 5.74) is -0.867. The zero-order valence-corrected chi connectivity index (χ0v) is 9.61. The molecule has 0 aromatic carbocycles. The fourth-order valence-corrected chi connectivity index (χ4v) is 1.35. The minimum absolute atomic E-state index is 0.178. The number of hydrogen-bond acceptors (Lipinski definition) is 3. The molecule has 1 heterocycles. The van der Waals surface area contributed by atoms with Crippen LogP contribution in [0.5, 0.6) is 0 Å². The fourth-order valence-electron chi connectivity index (χ4n) is 1.35. The Hall–Kier alpha value is -2.11. The molecule has 1 rings (SSSR count). The van der Waals surface area contributed by atoms with Gasteiger partial charge in [-0.05, 0) is 19.9 Å². The second kappa shape index (κ2) is 4.82. The smallest absolute Gasteiger partial charge is 0.305 e. The Morgan fingerprint density at radius 2 is 2.06 bits per heavy atom. The molecule has 0 radical (unpaired) electrons. The van der Waals surface area contributed by atoms with Crippen LogP contribution in [0.2, 0.25) is 0 Å². The molecule has 1 amide bonds. The van der Waals surface area contributed by atoms with Gasteiger partial charge >= 0.3 is 5.97 Å². The molecule has 6 nitrogen and oxygen atoms in total. The van der Waals surface area contributed by atoms with E-state index >= 15 is 0 Å². The van der Waals surface area contributed by atoms with Gasteiger partial charge in [0.05, 0.1) is 12.0 Å². The van der Waals surface area contributed by atoms with Crippen LogP contribution in [0.25, 0.3) is 0 Å². The molecule has 0 bridgehead atoms. The summed E-state index contributed by atoms with van der Waals surface area (Å²) in [5.74, 6) is -1.41. The number of nitrogens with one attached hydrogen (secondary N) is 2. The van der Waals surface area contributed by atoms with Gasteiger partial charge in [0.1, 0.15) is 0 Å². The molecule has 6 heteroatoms. The molecule has 3 N–H and O–H groups in total. The van der Waals surface area contributed by atoms with E-state index in [0.29, 0.717) is 0 Å². The Morgan fingerprint density at radius 3 is 2.53 bits per heavy atom. The molecule has 0 saturated heterocycles. The second-order valence-electron chi connectivity index (χ2n) is 4.35. The van der Waals surface area contributed by atoms with Gasteiger partial charge in [-0.15, -0.1) is 0 Å². The minimum Gasteiger partial charge on any atom is -0.481 e. The van der Waals surface area contributed by atoms with Crippen molar-refractivity contribution in [3.63, 3.8) is 0 Å². The average molecular weight is 238 g/mol. The molecule has 92 valence electrons. The Labute approximate surface area is 97.7 Å². The van der Waals surface area contributed by atoms with E-state index in [-0.39, 0.29) is 17.5 Å². The molecule has 1 aromatic heterocycles. The van der Waals surface area contributed by atoms with Crippen LogP contribution in [-0.2, 0) is 4.79 Å². The topological polar surface area (TPSA) is 99.3 Å². The summed E-state index contributed by atoms with van der Waals surface area (Å²) in [6, 6.07) is 2.62. The zero-order valence-electron chi connectivity index (χ0n) is 9.61. The predicted octanol–water partition coefficient (Wildman–Crippen LogP) is 0.358. The van der Waals surface area contributed by atoms with Gasteiger partial charge in [0, 0.05) is 17.8 Å². The zero-order chi connectivity index (χ0) is 13.1. The Morgan fingerprint density at radius 1 is 1.41 bits per heavy atom. The summed E-state index contributed by atoms with van der Waals surface area (Å²) in [6.45, 7) is 3.23. The van der Waals surface area contributed by atoms with E-state index in [1.807, 2.05) is 0 Å². The van der Waals surface area contributed by atoms with Gasteiger partial charge in [-0.1, -0.05) is 0 Å². The first kappa shape index (κ1) is 13.0. The lowest BCUT2D eigenvalue weighted by Gasteiger charge is -2.24. The summed E-state index contributed by atoms with van der Waals surface area (Å²) in [5, 5.41) is 11.3. The number of rotatable bonds is 4. The monoisotopic (exact) mass is 238 g/mol. The number of pyridine rings is 1. The molecule has 0 saturated carbocycles. The van der Waals surface area contributed by atoms with Crippen molar-refractivity contribution < 1.29 is 14.7 Å². The molecule has 0 aliphatic rings. The lowest BCUT2D eigenvalue weighted by atomic mass is 10.0. The van der Waals surface area contributed by atoms with Crippen molar-refractivity contribution in [3.05, 3.63) is 34.2 Å². The maximum Gasteiger partial charge on any atom is 0.305 e. The third-order valence-electron chi connectivity index (χ3n) is 2.09. The summed E-state index contributed by atoms with van der Waals surface area (Å²) < 4.78 is 0. The van der Waals surface area contributed by atoms with Crippen LogP contribution in [0.3, 0.4) is 0 Å². The molecule has 0 atom stereocenters. The molecule has 17 heavy (non-hydrogen) atoms. The number of amides is 1. The first-order valence-electron chi connectivity index (χ1n) is 5.03. The lowest BCUT2D eigenvalue weighted by Crippen LogP contribution is -2.45. The number of carbonyl (C=O) groups excluding carboxylic acids is 1. The van der Waals surface area contributed by atoms with Crippen molar-refractivity contribution >= 4 is 11.9 Å². The Bertz CT molecular complexity index is 470. The molecule has 0 aliphatic heterocycles. The molecule has 0 spiro atoms. The van der Waals surface area contributed by atoms with Gasteiger partial charge in [0.2, 0.25) is 5.56 Å². The van der Waals surface area contributed by atoms with Gasteiger partial charge in [-0.2, -0.15) is 0 Å². The van der Waals surface area contributed by atoms with E-state index in [0.717, 1.165) is 0 Å². The van der Waals surface area contributed by atoms with Crippen molar-refractivity contribution in [2.75, 3.05) is 0 Å². The molecule has 0 unspecified atom stereocenters. The Balaban J connectivity index is 2.75. The average Bonchev–Trinajstić information content (AvgIpc) is 2.15. The highest BCUT2D eigenvalue weighted by Gasteiger charge is 2.24. The van der Waals surface area contributed by atoms with Crippen molar-refractivity contribution in [3.8, 4) is 0 Å². The summed E-state index contributed by atoms with van der Waals surface area (Å²) in [4.78, 5) is 35.5. The van der Waals surface area contributed by atoms with E-state index < -0.39 is 17.4 Å². The highest BCUT2D eigenvalue weighted by Crippen LogP contribution is 2.09. The van der Waals surface area contributed by atoms with Crippen LogP contribution in [0.4, 0.5) is 0 Å². The fraction of sp³-hybridized carbons (Fsp3) is 0.364. The number of aromatic amines is 1. The maximum atomic E-state index is 11.7. The van der Waals surface area contributed by atoms with E-state index in [1.54, 1.807) is 13.8 Å². The summed E-state index contributed by atoms with van der Waals surface area (Å²) in [6.07, 6.45) is 1.11. The number of carboxylic acid groups (broad SMARTS) is 1. The third-order valence-corrected chi connectivity index (χ3v) is 2.09. The number of H-pyrrole nitrogens is 1. The van der Waals surface area contributed by atoms with Crippen molar-refractivity contribution in [1.82, 2.24) is 10.3 Å². The van der Waals surface area contributed by atoms with Gasteiger partial charge in [0.15, 0.2) is 0 Å². The first-order valence-corrected chi connectivity index (χ1v) is 5.03. The van der Waals surface area contributed by atoms with Gasteiger partial charge in [0.25, 0.3) is 5.91 Å². The van der Waals surface area contributed by atoms with E-state index in [1.165, 1.54) is 18.3 Å². The van der Waals surface area contributed by atoms with Gasteiger partial charge < -0.3 is 15.4 Å². The van der Waals surface area contributed by atoms with E-state index in [2.05, 4.69) is 10.3 Å². The summed E-state index contributed by atoms with van der Waals surface area (Å²) >= 11 is 0. The van der Waals surface area contributed by atoms with Crippen LogP contribution in [0, 0.1) is 0 Å².